The summed E-state index contributed by atoms with van der Waals surface area (Å²) in [5.41, 5.74) is 0.0866. The molecular formula is C13H23N3O. The number of anilines is 1. The lowest BCUT2D eigenvalue weighted by atomic mass is 10.0. The topological polar surface area (TPSA) is 37.4 Å². The fraction of sp³-hybridized carbons (Fsp3) is 0.615. The predicted octanol–water partition coefficient (Wildman–Crippen LogP) is 2.23. The standard InChI is InChI=1S/C13H23N3O/c1-6-17-12-9-7-8-11(15-12)14-10-13(2,3)16(4)5/h7-9H,6,10H2,1-5H3,(H,14,15). The molecule has 0 amide bonds. The van der Waals surface area contributed by atoms with Gasteiger partial charge in [0, 0.05) is 18.2 Å². The molecule has 1 aromatic rings. The first-order chi connectivity index (χ1) is 7.95. The summed E-state index contributed by atoms with van der Waals surface area (Å²) in [5.74, 6) is 1.52. The molecule has 0 aliphatic carbocycles. The van der Waals surface area contributed by atoms with Crippen LogP contribution in [0.15, 0.2) is 18.2 Å². The third-order valence-corrected chi connectivity index (χ3v) is 2.93. The molecule has 1 heterocycles. The van der Waals surface area contributed by atoms with Gasteiger partial charge in [-0.15, -0.1) is 0 Å². The summed E-state index contributed by atoms with van der Waals surface area (Å²) < 4.78 is 5.36. The van der Waals surface area contributed by atoms with Crippen LogP contribution in [0.1, 0.15) is 20.8 Å². The number of nitrogens with one attached hydrogen (secondary N) is 1. The van der Waals surface area contributed by atoms with Crippen molar-refractivity contribution in [3.63, 3.8) is 0 Å². The Hall–Kier alpha value is -1.29. The van der Waals surface area contributed by atoms with E-state index in [0.29, 0.717) is 12.5 Å². The van der Waals surface area contributed by atoms with E-state index >= 15 is 0 Å². The molecule has 0 fully saturated rings. The largest absolute Gasteiger partial charge is 0.478 e. The first-order valence-electron chi connectivity index (χ1n) is 5.97. The lowest BCUT2D eigenvalue weighted by Gasteiger charge is -2.32. The number of rotatable bonds is 6. The van der Waals surface area contributed by atoms with Gasteiger partial charge in [-0.3, -0.25) is 0 Å². The Morgan fingerprint density at radius 1 is 1.35 bits per heavy atom. The van der Waals surface area contributed by atoms with Crippen LogP contribution in [0.5, 0.6) is 5.88 Å². The Balaban J connectivity index is 2.60. The van der Waals surface area contributed by atoms with E-state index in [2.05, 4.69) is 43.1 Å². The van der Waals surface area contributed by atoms with Gasteiger partial charge in [0.1, 0.15) is 5.82 Å². The molecule has 0 aliphatic heterocycles. The Morgan fingerprint density at radius 3 is 2.65 bits per heavy atom. The molecule has 1 rings (SSSR count). The van der Waals surface area contributed by atoms with Crippen molar-refractivity contribution in [2.75, 3.05) is 32.6 Å². The van der Waals surface area contributed by atoms with E-state index in [1.54, 1.807) is 0 Å². The fourth-order valence-corrected chi connectivity index (χ4v) is 1.21. The maximum atomic E-state index is 5.36. The average Bonchev–Trinajstić information content (AvgIpc) is 2.27. The van der Waals surface area contributed by atoms with Gasteiger partial charge in [-0.05, 0) is 40.9 Å². The van der Waals surface area contributed by atoms with Crippen molar-refractivity contribution >= 4 is 5.82 Å². The highest BCUT2D eigenvalue weighted by atomic mass is 16.5. The second-order valence-corrected chi connectivity index (χ2v) is 4.85. The number of hydrogen-bond donors (Lipinski definition) is 1. The molecule has 0 radical (unpaired) electrons. The third kappa shape index (κ3) is 4.23. The summed E-state index contributed by atoms with van der Waals surface area (Å²) in [7, 11) is 4.15. The second kappa shape index (κ2) is 5.87. The maximum absolute atomic E-state index is 5.36. The normalized spacial score (nSPS) is 11.6. The van der Waals surface area contributed by atoms with E-state index in [9.17, 15) is 0 Å². The van der Waals surface area contributed by atoms with Crippen LogP contribution < -0.4 is 10.1 Å². The highest BCUT2D eigenvalue weighted by molar-refractivity contribution is 5.37. The van der Waals surface area contributed by atoms with Gasteiger partial charge in [-0.25, -0.2) is 0 Å². The summed E-state index contributed by atoms with van der Waals surface area (Å²) in [6.07, 6.45) is 0. The van der Waals surface area contributed by atoms with Crippen molar-refractivity contribution < 1.29 is 4.74 Å². The molecule has 0 saturated carbocycles. The van der Waals surface area contributed by atoms with E-state index in [4.69, 9.17) is 4.74 Å². The molecule has 1 N–H and O–H groups in total. The number of aromatic nitrogens is 1. The lowest BCUT2D eigenvalue weighted by molar-refractivity contribution is 0.210. The van der Waals surface area contributed by atoms with E-state index in [0.717, 1.165) is 12.4 Å². The molecular weight excluding hydrogens is 214 g/mol. The Bertz CT molecular complexity index is 350. The highest BCUT2D eigenvalue weighted by Gasteiger charge is 2.19. The van der Waals surface area contributed by atoms with Crippen molar-refractivity contribution in [3.8, 4) is 5.88 Å². The van der Waals surface area contributed by atoms with E-state index in [-0.39, 0.29) is 5.54 Å². The molecule has 0 atom stereocenters. The smallest absolute Gasteiger partial charge is 0.215 e. The van der Waals surface area contributed by atoms with Gasteiger partial charge in [-0.1, -0.05) is 6.07 Å². The molecule has 0 aliphatic rings. The zero-order valence-corrected chi connectivity index (χ0v) is 11.4. The molecule has 0 aromatic carbocycles. The van der Waals surface area contributed by atoms with Crippen LogP contribution in [0, 0.1) is 0 Å². The Labute approximate surface area is 104 Å². The Morgan fingerprint density at radius 2 is 2.06 bits per heavy atom. The number of likely N-dealkylation sites (N-methyl/N-ethyl adjacent to an activating group) is 1. The van der Waals surface area contributed by atoms with Crippen LogP contribution in [0.3, 0.4) is 0 Å². The molecule has 4 nitrogen and oxygen atoms in total. The van der Waals surface area contributed by atoms with Crippen LogP contribution >= 0.6 is 0 Å². The van der Waals surface area contributed by atoms with Crippen molar-refractivity contribution in [1.82, 2.24) is 9.88 Å². The van der Waals surface area contributed by atoms with Gasteiger partial charge in [-0.2, -0.15) is 4.98 Å². The predicted molar refractivity (Wildman–Crippen MR) is 71.7 cm³/mol. The van der Waals surface area contributed by atoms with Gasteiger partial charge in [0.2, 0.25) is 5.88 Å². The van der Waals surface area contributed by atoms with E-state index in [1.807, 2.05) is 25.1 Å². The van der Waals surface area contributed by atoms with Gasteiger partial charge in [0.05, 0.1) is 6.61 Å². The van der Waals surface area contributed by atoms with Gasteiger partial charge in [0.15, 0.2) is 0 Å². The van der Waals surface area contributed by atoms with Crippen molar-refractivity contribution in [2.24, 2.45) is 0 Å². The minimum atomic E-state index is 0.0866. The molecule has 1 aromatic heterocycles. The third-order valence-electron chi connectivity index (χ3n) is 2.93. The minimum Gasteiger partial charge on any atom is -0.478 e. The number of ether oxygens (including phenoxy) is 1. The van der Waals surface area contributed by atoms with Crippen LogP contribution in [0.2, 0.25) is 0 Å². The molecule has 0 unspecified atom stereocenters. The maximum Gasteiger partial charge on any atom is 0.215 e. The van der Waals surface area contributed by atoms with Crippen molar-refractivity contribution in [3.05, 3.63) is 18.2 Å². The zero-order valence-electron chi connectivity index (χ0n) is 11.4. The first-order valence-corrected chi connectivity index (χ1v) is 5.97. The number of hydrogen-bond acceptors (Lipinski definition) is 4. The Kier molecular flexibility index (Phi) is 4.75. The highest BCUT2D eigenvalue weighted by Crippen LogP contribution is 2.14. The SMILES string of the molecule is CCOc1cccc(NCC(C)(C)N(C)C)n1. The lowest BCUT2D eigenvalue weighted by Crippen LogP contribution is -2.44. The van der Waals surface area contributed by atoms with Crippen LogP contribution in [-0.2, 0) is 0 Å². The molecule has 96 valence electrons. The van der Waals surface area contributed by atoms with Gasteiger partial charge in [0.25, 0.3) is 0 Å². The molecule has 17 heavy (non-hydrogen) atoms. The molecule has 0 saturated heterocycles. The monoisotopic (exact) mass is 237 g/mol. The summed E-state index contributed by atoms with van der Waals surface area (Å²) >= 11 is 0. The van der Waals surface area contributed by atoms with E-state index in [1.165, 1.54) is 0 Å². The first kappa shape index (κ1) is 13.8. The van der Waals surface area contributed by atoms with Crippen molar-refractivity contribution in [1.29, 1.82) is 0 Å². The van der Waals surface area contributed by atoms with Crippen molar-refractivity contribution in [2.45, 2.75) is 26.3 Å². The van der Waals surface area contributed by atoms with E-state index < -0.39 is 0 Å². The number of nitrogens with zero attached hydrogens (tertiary/aromatic N) is 2. The quantitative estimate of drug-likeness (QED) is 0.823. The van der Waals surface area contributed by atoms with Gasteiger partial charge >= 0.3 is 0 Å². The average molecular weight is 237 g/mol. The molecule has 0 spiro atoms. The zero-order chi connectivity index (χ0) is 12.9. The van der Waals surface area contributed by atoms with Gasteiger partial charge < -0.3 is 15.0 Å². The van der Waals surface area contributed by atoms with Crippen LogP contribution in [0.4, 0.5) is 5.82 Å². The summed E-state index contributed by atoms with van der Waals surface area (Å²) in [4.78, 5) is 6.56. The second-order valence-electron chi connectivity index (χ2n) is 4.85. The number of pyridine rings is 1. The van der Waals surface area contributed by atoms with Crippen LogP contribution in [0.25, 0.3) is 0 Å². The van der Waals surface area contributed by atoms with Crippen LogP contribution in [-0.4, -0.2) is 42.7 Å². The minimum absolute atomic E-state index is 0.0866. The fourth-order valence-electron chi connectivity index (χ4n) is 1.21. The summed E-state index contributed by atoms with van der Waals surface area (Å²) in [6, 6.07) is 5.77. The molecule has 4 heteroatoms. The summed E-state index contributed by atoms with van der Waals surface area (Å²) in [5, 5.41) is 3.33. The summed E-state index contributed by atoms with van der Waals surface area (Å²) in [6.45, 7) is 7.80. The molecule has 0 bridgehead atoms.